The molecule has 1 atom stereocenters. The SMILES string of the molecule is C#CC(C)(C)OCC(O)C[N+]1(Cc2ccccc2)CCCCCC1.[Cl-]. The summed E-state index contributed by atoms with van der Waals surface area (Å²) in [5.74, 6) is 2.62. The second-order valence-corrected chi connectivity index (χ2v) is 7.65. The zero-order valence-electron chi connectivity index (χ0n) is 15.6. The lowest BCUT2D eigenvalue weighted by molar-refractivity contribution is -0.943. The Kier molecular flexibility index (Phi) is 8.96. The number of aliphatic hydroxyl groups excluding tert-OH is 1. The predicted octanol–water partition coefficient (Wildman–Crippen LogP) is 0.371. The third-order valence-corrected chi connectivity index (χ3v) is 4.96. The van der Waals surface area contributed by atoms with Gasteiger partial charge in [0.05, 0.1) is 19.7 Å². The van der Waals surface area contributed by atoms with Crippen molar-refractivity contribution in [3.63, 3.8) is 0 Å². The van der Waals surface area contributed by atoms with E-state index in [1.807, 2.05) is 13.8 Å². The Hall–Kier alpha value is -1.05. The highest BCUT2D eigenvalue weighted by atomic mass is 35.5. The van der Waals surface area contributed by atoms with Crippen LogP contribution in [-0.4, -0.2) is 47.5 Å². The van der Waals surface area contributed by atoms with Gasteiger partial charge in [-0.3, -0.25) is 0 Å². The van der Waals surface area contributed by atoms with Gasteiger partial charge in [0.1, 0.15) is 24.8 Å². The molecule has 1 fully saturated rings. The molecule has 1 aromatic rings. The lowest BCUT2D eigenvalue weighted by atomic mass is 10.1. The summed E-state index contributed by atoms with van der Waals surface area (Å²) in [4.78, 5) is 0. The van der Waals surface area contributed by atoms with Crippen molar-refractivity contribution in [3.8, 4) is 12.3 Å². The van der Waals surface area contributed by atoms with Crippen molar-refractivity contribution in [3.05, 3.63) is 35.9 Å². The maximum atomic E-state index is 10.6. The monoisotopic (exact) mass is 365 g/mol. The van der Waals surface area contributed by atoms with E-state index in [1.165, 1.54) is 31.2 Å². The first kappa shape index (κ1) is 22.0. The van der Waals surface area contributed by atoms with E-state index in [-0.39, 0.29) is 12.4 Å². The van der Waals surface area contributed by atoms with E-state index in [1.54, 1.807) is 0 Å². The third kappa shape index (κ3) is 7.38. The largest absolute Gasteiger partial charge is 1.00 e. The Morgan fingerprint density at radius 1 is 1.16 bits per heavy atom. The number of nitrogens with zero attached hydrogens (tertiary/aromatic N) is 1. The van der Waals surface area contributed by atoms with Crippen LogP contribution < -0.4 is 12.4 Å². The summed E-state index contributed by atoms with van der Waals surface area (Å²) in [5.41, 5.74) is 0.723. The average molecular weight is 366 g/mol. The van der Waals surface area contributed by atoms with Crippen LogP contribution in [0.4, 0.5) is 0 Å². The molecule has 0 aliphatic carbocycles. The minimum absolute atomic E-state index is 0. The fourth-order valence-electron chi connectivity index (χ4n) is 3.58. The van der Waals surface area contributed by atoms with E-state index in [4.69, 9.17) is 11.2 Å². The molecule has 1 aliphatic heterocycles. The molecule has 0 amide bonds. The Morgan fingerprint density at radius 2 is 1.76 bits per heavy atom. The summed E-state index contributed by atoms with van der Waals surface area (Å²) >= 11 is 0. The molecular formula is C21H32ClNO2. The zero-order valence-corrected chi connectivity index (χ0v) is 16.3. The van der Waals surface area contributed by atoms with E-state index in [0.717, 1.165) is 30.7 Å². The Bertz CT molecular complexity index is 531. The topological polar surface area (TPSA) is 29.5 Å². The van der Waals surface area contributed by atoms with Crippen molar-refractivity contribution in [2.75, 3.05) is 26.2 Å². The van der Waals surface area contributed by atoms with Gasteiger partial charge in [-0.05, 0) is 39.5 Å². The number of benzene rings is 1. The molecule has 1 N–H and O–H groups in total. The van der Waals surface area contributed by atoms with Crippen molar-refractivity contribution in [2.45, 2.75) is 57.8 Å². The normalized spacial score (nSPS) is 18.5. The minimum Gasteiger partial charge on any atom is -1.00 e. The highest BCUT2D eigenvalue weighted by Gasteiger charge is 2.32. The summed E-state index contributed by atoms with van der Waals surface area (Å²) < 4.78 is 6.66. The Morgan fingerprint density at radius 3 is 2.32 bits per heavy atom. The first-order chi connectivity index (χ1) is 11.4. The van der Waals surface area contributed by atoms with Gasteiger partial charge in [0.15, 0.2) is 0 Å². The molecule has 0 aromatic heterocycles. The van der Waals surface area contributed by atoms with Crippen LogP contribution in [0, 0.1) is 12.3 Å². The van der Waals surface area contributed by atoms with Crippen molar-refractivity contribution in [2.24, 2.45) is 0 Å². The molecule has 1 aliphatic rings. The number of hydrogen-bond acceptors (Lipinski definition) is 2. The predicted molar refractivity (Wildman–Crippen MR) is 98.3 cm³/mol. The van der Waals surface area contributed by atoms with Gasteiger partial charge in [0.2, 0.25) is 0 Å². The van der Waals surface area contributed by atoms with Crippen LogP contribution in [-0.2, 0) is 11.3 Å². The van der Waals surface area contributed by atoms with Crippen molar-refractivity contribution >= 4 is 0 Å². The summed E-state index contributed by atoms with van der Waals surface area (Å²) in [6.45, 7) is 7.99. The lowest BCUT2D eigenvalue weighted by Crippen LogP contribution is -3.00. The van der Waals surface area contributed by atoms with Gasteiger partial charge in [0.25, 0.3) is 0 Å². The van der Waals surface area contributed by atoms with E-state index < -0.39 is 11.7 Å². The first-order valence-corrected chi connectivity index (χ1v) is 9.14. The van der Waals surface area contributed by atoms with Crippen LogP contribution in [0.1, 0.15) is 45.1 Å². The smallest absolute Gasteiger partial charge is 0.126 e. The van der Waals surface area contributed by atoms with Gasteiger partial charge in [-0.1, -0.05) is 36.3 Å². The third-order valence-electron chi connectivity index (χ3n) is 4.96. The lowest BCUT2D eigenvalue weighted by Gasteiger charge is -2.39. The van der Waals surface area contributed by atoms with Crippen LogP contribution in [0.15, 0.2) is 30.3 Å². The molecule has 140 valence electrons. The van der Waals surface area contributed by atoms with Crippen LogP contribution >= 0.6 is 0 Å². The number of ether oxygens (including phenoxy) is 1. The summed E-state index contributed by atoms with van der Waals surface area (Å²) in [6.07, 6.45) is 10.0. The van der Waals surface area contributed by atoms with Crippen LogP contribution in [0.25, 0.3) is 0 Å². The highest BCUT2D eigenvalue weighted by molar-refractivity contribution is 5.13. The molecule has 3 nitrogen and oxygen atoms in total. The maximum Gasteiger partial charge on any atom is 0.126 e. The standard InChI is InChI=1S/C21H32NO2.ClH/c1-4-21(2,3)24-18-20(23)17-22(14-10-5-6-11-15-22)16-19-12-8-7-9-13-19;/h1,7-9,12-13,20,23H,5-6,10-11,14-18H2,2-3H3;1H/q+1;/p-1. The number of likely N-dealkylation sites (tertiary alicyclic amines) is 1. The van der Waals surface area contributed by atoms with Crippen molar-refractivity contribution in [1.29, 1.82) is 0 Å². The molecule has 1 saturated heterocycles. The van der Waals surface area contributed by atoms with Gasteiger partial charge in [-0.2, -0.15) is 0 Å². The summed E-state index contributed by atoms with van der Waals surface area (Å²) in [5, 5.41) is 10.6. The fourth-order valence-corrected chi connectivity index (χ4v) is 3.58. The van der Waals surface area contributed by atoms with Gasteiger partial charge in [0, 0.05) is 5.56 Å². The Labute approximate surface area is 159 Å². The molecule has 1 aromatic carbocycles. The van der Waals surface area contributed by atoms with Gasteiger partial charge in [-0.15, -0.1) is 6.42 Å². The van der Waals surface area contributed by atoms with Crippen molar-refractivity contribution < 1.29 is 26.7 Å². The number of terminal acetylenes is 1. The Balaban J connectivity index is 0.00000312. The first-order valence-electron chi connectivity index (χ1n) is 9.14. The molecule has 4 heteroatoms. The molecule has 0 radical (unpaired) electrons. The van der Waals surface area contributed by atoms with E-state index >= 15 is 0 Å². The molecule has 0 bridgehead atoms. The molecule has 2 rings (SSSR count). The van der Waals surface area contributed by atoms with E-state index in [2.05, 4.69) is 36.3 Å². The zero-order chi connectivity index (χ0) is 17.5. The number of hydrogen-bond donors (Lipinski definition) is 1. The van der Waals surface area contributed by atoms with Crippen LogP contribution in [0.3, 0.4) is 0 Å². The maximum absolute atomic E-state index is 10.6. The summed E-state index contributed by atoms with van der Waals surface area (Å²) in [6, 6.07) is 10.6. The quantitative estimate of drug-likeness (QED) is 0.559. The fraction of sp³-hybridized carbons (Fsp3) is 0.619. The molecule has 1 heterocycles. The average Bonchev–Trinajstić information content (AvgIpc) is 2.80. The number of halogens is 1. The number of rotatable bonds is 7. The number of aliphatic hydroxyl groups is 1. The molecule has 0 saturated carbocycles. The molecular weight excluding hydrogens is 334 g/mol. The summed E-state index contributed by atoms with van der Waals surface area (Å²) in [7, 11) is 0. The van der Waals surface area contributed by atoms with Gasteiger partial charge in [-0.25, -0.2) is 0 Å². The second-order valence-electron chi connectivity index (χ2n) is 7.65. The van der Waals surface area contributed by atoms with Crippen molar-refractivity contribution in [1.82, 2.24) is 0 Å². The van der Waals surface area contributed by atoms with E-state index in [0.29, 0.717) is 6.61 Å². The van der Waals surface area contributed by atoms with Gasteiger partial charge >= 0.3 is 0 Å². The van der Waals surface area contributed by atoms with Gasteiger partial charge < -0.3 is 26.7 Å². The van der Waals surface area contributed by atoms with Crippen LogP contribution in [0.2, 0.25) is 0 Å². The van der Waals surface area contributed by atoms with E-state index in [9.17, 15) is 5.11 Å². The number of quaternary nitrogens is 1. The second kappa shape index (κ2) is 10.2. The minimum atomic E-state index is -0.621. The molecule has 0 spiro atoms. The molecule has 25 heavy (non-hydrogen) atoms. The molecule has 1 unspecified atom stereocenters. The van der Waals surface area contributed by atoms with Crippen LogP contribution in [0.5, 0.6) is 0 Å². The highest BCUT2D eigenvalue weighted by Crippen LogP contribution is 2.23.